The van der Waals surface area contributed by atoms with Crippen LogP contribution in [0.5, 0.6) is 0 Å². The Morgan fingerprint density at radius 3 is 2.86 bits per heavy atom. The molecule has 0 saturated carbocycles. The molecule has 1 saturated heterocycles. The molecule has 1 atom stereocenters. The Hall–Kier alpha value is -0.980. The van der Waals surface area contributed by atoms with Crippen molar-refractivity contribution in [1.82, 2.24) is 9.62 Å². The third-order valence-corrected chi connectivity index (χ3v) is 5.64. The third kappa shape index (κ3) is 4.25. The molecule has 1 heterocycles. The van der Waals surface area contributed by atoms with Gasteiger partial charge < -0.3 is 5.32 Å². The Kier molecular flexibility index (Phi) is 5.72. The maximum atomic E-state index is 13.3. The number of sulfonamides is 1. The van der Waals surface area contributed by atoms with Crippen molar-refractivity contribution in [2.75, 3.05) is 19.6 Å². The van der Waals surface area contributed by atoms with Crippen molar-refractivity contribution in [2.45, 2.75) is 43.5 Å². The summed E-state index contributed by atoms with van der Waals surface area (Å²) in [5, 5.41) is 3.32. The molecule has 0 spiro atoms. The predicted octanol–water partition coefficient (Wildman–Crippen LogP) is 2.37. The molecule has 1 aromatic carbocycles. The predicted molar refractivity (Wildman–Crippen MR) is 81.1 cm³/mol. The van der Waals surface area contributed by atoms with E-state index in [0.29, 0.717) is 13.1 Å². The summed E-state index contributed by atoms with van der Waals surface area (Å²) in [6.45, 7) is 3.90. The first-order valence-electron chi connectivity index (χ1n) is 7.53. The van der Waals surface area contributed by atoms with Crippen LogP contribution in [0.25, 0.3) is 0 Å². The van der Waals surface area contributed by atoms with Gasteiger partial charge in [-0.15, -0.1) is 0 Å². The van der Waals surface area contributed by atoms with Gasteiger partial charge in [0.25, 0.3) is 0 Å². The molecule has 2 rings (SSSR count). The fourth-order valence-electron chi connectivity index (χ4n) is 2.58. The molecule has 0 bridgehead atoms. The van der Waals surface area contributed by atoms with E-state index in [4.69, 9.17) is 0 Å². The number of hydrogen-bond donors (Lipinski definition) is 1. The first-order chi connectivity index (χ1) is 10.0. The fourth-order valence-corrected chi connectivity index (χ4v) is 4.13. The number of rotatable bonds is 7. The molecule has 1 aliphatic rings. The van der Waals surface area contributed by atoms with Crippen LogP contribution in [-0.2, 0) is 10.0 Å². The maximum Gasteiger partial charge on any atom is 0.243 e. The molecule has 1 fully saturated rings. The SMILES string of the molecule is CCCCN(CC1CCCN1)S(=O)(=O)c1cccc(F)c1. The topological polar surface area (TPSA) is 49.4 Å². The standard InChI is InChI=1S/C15H23FN2O2S/c1-2-3-10-18(12-14-7-5-9-17-14)21(19,20)15-8-4-6-13(16)11-15/h4,6,8,11,14,17H,2-3,5,7,9-10,12H2,1H3. The summed E-state index contributed by atoms with van der Waals surface area (Å²) < 4.78 is 40.2. The molecule has 1 aromatic rings. The van der Waals surface area contributed by atoms with Gasteiger partial charge in [-0.2, -0.15) is 4.31 Å². The van der Waals surface area contributed by atoms with Crippen molar-refractivity contribution in [3.05, 3.63) is 30.1 Å². The van der Waals surface area contributed by atoms with E-state index in [1.807, 2.05) is 6.92 Å². The van der Waals surface area contributed by atoms with Gasteiger partial charge in [0, 0.05) is 19.1 Å². The largest absolute Gasteiger partial charge is 0.313 e. The van der Waals surface area contributed by atoms with E-state index in [0.717, 1.165) is 38.3 Å². The van der Waals surface area contributed by atoms with Gasteiger partial charge in [-0.25, -0.2) is 12.8 Å². The van der Waals surface area contributed by atoms with Gasteiger partial charge in [-0.3, -0.25) is 0 Å². The normalized spacial score (nSPS) is 19.3. The van der Waals surface area contributed by atoms with Crippen molar-refractivity contribution in [3.8, 4) is 0 Å². The van der Waals surface area contributed by atoms with Crippen LogP contribution in [0.2, 0.25) is 0 Å². The molecule has 21 heavy (non-hydrogen) atoms. The average molecular weight is 314 g/mol. The lowest BCUT2D eigenvalue weighted by molar-refractivity contribution is 0.364. The lowest BCUT2D eigenvalue weighted by Gasteiger charge is -2.25. The number of hydrogen-bond acceptors (Lipinski definition) is 3. The van der Waals surface area contributed by atoms with Crippen molar-refractivity contribution >= 4 is 10.0 Å². The molecular weight excluding hydrogens is 291 g/mol. The first-order valence-corrected chi connectivity index (χ1v) is 8.97. The second-order valence-corrected chi connectivity index (χ2v) is 7.41. The van der Waals surface area contributed by atoms with Gasteiger partial charge in [-0.05, 0) is 44.0 Å². The average Bonchev–Trinajstić information content (AvgIpc) is 2.96. The molecule has 118 valence electrons. The highest BCUT2D eigenvalue weighted by atomic mass is 32.2. The Bertz CT molecular complexity index is 557. The van der Waals surface area contributed by atoms with Crippen molar-refractivity contribution in [1.29, 1.82) is 0 Å². The van der Waals surface area contributed by atoms with Gasteiger partial charge in [0.05, 0.1) is 4.90 Å². The molecule has 0 radical (unpaired) electrons. The minimum absolute atomic E-state index is 0.0385. The second-order valence-electron chi connectivity index (χ2n) is 5.47. The number of nitrogens with zero attached hydrogens (tertiary/aromatic N) is 1. The third-order valence-electron chi connectivity index (χ3n) is 3.78. The molecule has 1 aliphatic heterocycles. The summed E-state index contributed by atoms with van der Waals surface area (Å²) >= 11 is 0. The van der Waals surface area contributed by atoms with Crippen LogP contribution in [0.1, 0.15) is 32.6 Å². The van der Waals surface area contributed by atoms with E-state index in [-0.39, 0.29) is 10.9 Å². The van der Waals surface area contributed by atoms with Crippen LogP contribution in [0.4, 0.5) is 4.39 Å². The Morgan fingerprint density at radius 2 is 2.24 bits per heavy atom. The quantitative estimate of drug-likeness (QED) is 0.840. The van der Waals surface area contributed by atoms with Gasteiger partial charge in [-0.1, -0.05) is 19.4 Å². The van der Waals surface area contributed by atoms with E-state index in [1.54, 1.807) is 0 Å². The highest BCUT2D eigenvalue weighted by Crippen LogP contribution is 2.19. The van der Waals surface area contributed by atoms with Gasteiger partial charge in [0.15, 0.2) is 0 Å². The minimum atomic E-state index is -3.63. The second kappa shape index (κ2) is 7.33. The summed E-state index contributed by atoms with van der Waals surface area (Å²) in [5.41, 5.74) is 0. The van der Waals surface area contributed by atoms with Crippen LogP contribution >= 0.6 is 0 Å². The number of unbranched alkanes of at least 4 members (excludes halogenated alkanes) is 1. The molecule has 6 heteroatoms. The summed E-state index contributed by atoms with van der Waals surface area (Å²) in [5.74, 6) is -0.523. The van der Waals surface area contributed by atoms with E-state index in [1.165, 1.54) is 22.5 Å². The molecule has 0 aliphatic carbocycles. The monoisotopic (exact) mass is 314 g/mol. The summed E-state index contributed by atoms with van der Waals surface area (Å²) in [4.78, 5) is 0.0385. The molecule has 1 N–H and O–H groups in total. The minimum Gasteiger partial charge on any atom is -0.313 e. The number of benzene rings is 1. The van der Waals surface area contributed by atoms with E-state index >= 15 is 0 Å². The number of nitrogens with one attached hydrogen (secondary N) is 1. The zero-order valence-electron chi connectivity index (χ0n) is 12.4. The molecule has 0 amide bonds. The maximum absolute atomic E-state index is 13.3. The van der Waals surface area contributed by atoms with E-state index < -0.39 is 15.8 Å². The number of halogens is 1. The highest BCUT2D eigenvalue weighted by Gasteiger charge is 2.28. The lowest BCUT2D eigenvalue weighted by atomic mass is 10.2. The van der Waals surface area contributed by atoms with E-state index in [2.05, 4.69) is 5.32 Å². The molecular formula is C15H23FN2O2S. The zero-order valence-corrected chi connectivity index (χ0v) is 13.2. The van der Waals surface area contributed by atoms with Crippen LogP contribution in [0.15, 0.2) is 29.2 Å². The fraction of sp³-hybridized carbons (Fsp3) is 0.600. The molecule has 0 aromatic heterocycles. The highest BCUT2D eigenvalue weighted by molar-refractivity contribution is 7.89. The van der Waals surface area contributed by atoms with Crippen LogP contribution in [-0.4, -0.2) is 38.4 Å². The van der Waals surface area contributed by atoms with Gasteiger partial charge in [0.2, 0.25) is 10.0 Å². The Balaban J connectivity index is 2.20. The zero-order chi connectivity index (χ0) is 15.3. The summed E-state index contributed by atoms with van der Waals surface area (Å²) in [7, 11) is -3.63. The lowest BCUT2D eigenvalue weighted by Crippen LogP contribution is -2.41. The Morgan fingerprint density at radius 1 is 1.43 bits per heavy atom. The summed E-state index contributed by atoms with van der Waals surface area (Å²) in [6, 6.07) is 5.45. The van der Waals surface area contributed by atoms with Gasteiger partial charge >= 0.3 is 0 Å². The van der Waals surface area contributed by atoms with Crippen LogP contribution in [0.3, 0.4) is 0 Å². The first kappa shape index (κ1) is 16.4. The van der Waals surface area contributed by atoms with Crippen molar-refractivity contribution < 1.29 is 12.8 Å². The van der Waals surface area contributed by atoms with E-state index in [9.17, 15) is 12.8 Å². The van der Waals surface area contributed by atoms with Crippen LogP contribution < -0.4 is 5.32 Å². The summed E-state index contributed by atoms with van der Waals surface area (Å²) in [6.07, 6.45) is 3.79. The Labute approximate surface area is 126 Å². The smallest absolute Gasteiger partial charge is 0.243 e. The molecule has 1 unspecified atom stereocenters. The van der Waals surface area contributed by atoms with Crippen LogP contribution in [0, 0.1) is 5.82 Å². The molecule has 4 nitrogen and oxygen atoms in total. The van der Waals surface area contributed by atoms with Crippen molar-refractivity contribution in [3.63, 3.8) is 0 Å². The van der Waals surface area contributed by atoms with Crippen molar-refractivity contribution in [2.24, 2.45) is 0 Å². The van der Waals surface area contributed by atoms with Gasteiger partial charge in [0.1, 0.15) is 5.82 Å².